The molecule has 234 valence electrons. The Balaban J connectivity index is 1.47. The molecule has 45 heavy (non-hydrogen) atoms. The summed E-state index contributed by atoms with van der Waals surface area (Å²) in [5, 5.41) is 11.1. The van der Waals surface area contributed by atoms with Gasteiger partial charge in [-0.1, -0.05) is 54.6 Å². The predicted octanol–water partition coefficient (Wildman–Crippen LogP) is 4.49. The quantitative estimate of drug-likeness (QED) is 0.135. The van der Waals surface area contributed by atoms with Crippen LogP contribution in [0.25, 0.3) is 0 Å². The molecule has 0 aliphatic carbocycles. The van der Waals surface area contributed by atoms with Gasteiger partial charge in [0.15, 0.2) is 0 Å². The van der Waals surface area contributed by atoms with Crippen LogP contribution in [0.3, 0.4) is 0 Å². The summed E-state index contributed by atoms with van der Waals surface area (Å²) in [4.78, 5) is 25.8. The van der Waals surface area contributed by atoms with E-state index in [-0.39, 0.29) is 25.1 Å². The van der Waals surface area contributed by atoms with Crippen LogP contribution in [0.1, 0.15) is 48.6 Å². The summed E-state index contributed by atoms with van der Waals surface area (Å²) in [5.41, 5.74) is 0.592. The first-order valence-corrected chi connectivity index (χ1v) is 15.0. The molecular weight excluding hydrogens is 572 g/mol. The van der Waals surface area contributed by atoms with Crippen LogP contribution in [0.5, 0.6) is 11.5 Å². The summed E-state index contributed by atoms with van der Waals surface area (Å²) in [6.07, 6.45) is 6.36. The second kappa shape index (κ2) is 14.4. The molecule has 9 heteroatoms. The number of aliphatic hydroxyl groups excluding tert-OH is 1. The Labute approximate surface area is 262 Å². The minimum atomic E-state index is -1.09. The molecule has 3 atom stereocenters. The molecule has 3 aromatic carbocycles. The van der Waals surface area contributed by atoms with Gasteiger partial charge in [0, 0.05) is 31.6 Å². The Bertz CT molecular complexity index is 1660. The maximum absolute atomic E-state index is 13.3. The van der Waals surface area contributed by atoms with E-state index in [0.717, 1.165) is 16.7 Å². The third-order valence-electron chi connectivity index (χ3n) is 8.20. The van der Waals surface area contributed by atoms with Crippen molar-refractivity contribution in [3.05, 3.63) is 129 Å². The lowest BCUT2D eigenvalue weighted by Gasteiger charge is -2.37. The van der Waals surface area contributed by atoms with Crippen molar-refractivity contribution < 1.29 is 24.1 Å². The average Bonchev–Trinajstić information content (AvgIpc) is 3.45. The molecule has 4 aromatic rings. The molecule has 0 radical (unpaired) electrons. The van der Waals surface area contributed by atoms with Gasteiger partial charge >= 0.3 is 5.69 Å². The van der Waals surface area contributed by atoms with Crippen molar-refractivity contribution in [1.29, 1.82) is 0 Å². The van der Waals surface area contributed by atoms with E-state index in [1.54, 1.807) is 14.2 Å². The van der Waals surface area contributed by atoms with Gasteiger partial charge in [0.1, 0.15) is 29.4 Å². The Morgan fingerprint density at radius 1 is 0.889 bits per heavy atom. The Kier molecular flexibility index (Phi) is 10.2. The third kappa shape index (κ3) is 6.74. The molecule has 1 fully saturated rings. The van der Waals surface area contributed by atoms with E-state index < -0.39 is 29.7 Å². The molecule has 1 aliphatic rings. The van der Waals surface area contributed by atoms with Crippen LogP contribution in [-0.2, 0) is 21.6 Å². The normalized spacial score (nSPS) is 18.0. The van der Waals surface area contributed by atoms with Crippen molar-refractivity contribution in [2.45, 2.75) is 56.3 Å². The van der Waals surface area contributed by atoms with E-state index in [1.165, 1.54) is 21.4 Å². The van der Waals surface area contributed by atoms with Gasteiger partial charge in [-0.3, -0.25) is 13.9 Å². The molecule has 0 spiro atoms. The summed E-state index contributed by atoms with van der Waals surface area (Å²) in [6, 6.07) is 26.5. The van der Waals surface area contributed by atoms with Gasteiger partial charge in [-0.25, -0.2) is 4.79 Å². The first kappa shape index (κ1) is 31.8. The fourth-order valence-electron chi connectivity index (χ4n) is 5.77. The van der Waals surface area contributed by atoms with Crippen LogP contribution in [0.15, 0.2) is 101 Å². The van der Waals surface area contributed by atoms with Crippen LogP contribution >= 0.6 is 0 Å². The minimum Gasteiger partial charge on any atom is -0.497 e. The summed E-state index contributed by atoms with van der Waals surface area (Å²) in [7, 11) is 3.23. The zero-order valence-corrected chi connectivity index (χ0v) is 25.5. The average molecular weight is 611 g/mol. The molecule has 0 saturated carbocycles. The van der Waals surface area contributed by atoms with E-state index in [0.29, 0.717) is 30.8 Å². The second-order valence-corrected chi connectivity index (χ2v) is 10.9. The third-order valence-corrected chi connectivity index (χ3v) is 8.20. The highest BCUT2D eigenvalue weighted by Crippen LogP contribution is 2.42. The van der Waals surface area contributed by atoms with Crippen molar-refractivity contribution in [2.24, 2.45) is 0 Å². The Hall–Kier alpha value is -4.62. The number of methoxy groups -OCH3 is 2. The molecule has 1 N–H and O–H groups in total. The molecule has 0 bridgehead atoms. The number of terminal acetylenes is 1. The molecule has 9 nitrogen and oxygen atoms in total. The number of aromatic nitrogens is 2. The van der Waals surface area contributed by atoms with Crippen molar-refractivity contribution in [3.63, 3.8) is 0 Å². The first-order valence-electron chi connectivity index (χ1n) is 15.0. The predicted molar refractivity (Wildman–Crippen MR) is 170 cm³/mol. The maximum atomic E-state index is 13.3. The van der Waals surface area contributed by atoms with Crippen LogP contribution in [-0.4, -0.2) is 47.3 Å². The number of nitrogens with zero attached hydrogens (tertiary/aromatic N) is 2. The van der Waals surface area contributed by atoms with Crippen LogP contribution < -0.4 is 20.7 Å². The van der Waals surface area contributed by atoms with Crippen molar-refractivity contribution >= 4 is 0 Å². The number of aliphatic hydroxyl groups is 1. The van der Waals surface area contributed by atoms with E-state index in [1.807, 2.05) is 78.9 Å². The summed E-state index contributed by atoms with van der Waals surface area (Å²) in [6.45, 7) is 0.260. The minimum absolute atomic E-state index is 0.00506. The summed E-state index contributed by atoms with van der Waals surface area (Å²) >= 11 is 0. The Morgan fingerprint density at radius 2 is 1.49 bits per heavy atom. The standard InChI is InChI=1S/C36H38N2O7/c1-4-5-6-10-22-37-33(40)21-23-38(35(37)41)34-24-31(39)32(45-34)25-44-36(26-11-8-7-9-12-26,27-13-17-29(42-2)18-14-27)28-15-19-30(43-3)20-16-28/h1,7-9,11-21,23,31-32,34,39H,5-6,10,22,24-25H2,2-3H3/t31?,32-,34-/m0/s1. The number of unbranched alkanes of at least 4 members (excludes halogenated alkanes) is 2. The van der Waals surface area contributed by atoms with Crippen LogP contribution in [0.2, 0.25) is 0 Å². The molecule has 1 aromatic heterocycles. The molecule has 5 rings (SSSR count). The molecular formula is C36H38N2O7. The van der Waals surface area contributed by atoms with Gasteiger partial charge in [-0.2, -0.15) is 0 Å². The zero-order valence-electron chi connectivity index (χ0n) is 25.5. The fourth-order valence-corrected chi connectivity index (χ4v) is 5.77. The largest absolute Gasteiger partial charge is 0.497 e. The molecule has 1 saturated heterocycles. The SMILES string of the molecule is C#CCCCCn1c(=O)ccn([C@@H]2CC(O)[C@H](COC(c3ccccc3)(c3ccc(OC)cc3)c3ccc(OC)cc3)O2)c1=O. The highest BCUT2D eigenvalue weighted by molar-refractivity contribution is 5.49. The van der Waals surface area contributed by atoms with Gasteiger partial charge in [0.25, 0.3) is 5.56 Å². The highest BCUT2D eigenvalue weighted by atomic mass is 16.6. The molecule has 1 aliphatic heterocycles. The Morgan fingerprint density at radius 3 is 2.07 bits per heavy atom. The number of rotatable bonds is 13. The summed E-state index contributed by atoms with van der Waals surface area (Å²) < 4.78 is 26.6. The van der Waals surface area contributed by atoms with Gasteiger partial charge in [-0.15, -0.1) is 12.3 Å². The van der Waals surface area contributed by atoms with Gasteiger partial charge in [0.05, 0.1) is 26.9 Å². The number of benzene rings is 3. The smallest absolute Gasteiger partial charge is 0.333 e. The topological polar surface area (TPSA) is 101 Å². The van der Waals surface area contributed by atoms with Crippen molar-refractivity contribution in [1.82, 2.24) is 9.13 Å². The summed E-state index contributed by atoms with van der Waals surface area (Å²) in [5.74, 6) is 3.98. The number of hydrogen-bond donors (Lipinski definition) is 1. The lowest BCUT2D eigenvalue weighted by atomic mass is 9.80. The molecule has 2 heterocycles. The van der Waals surface area contributed by atoms with Crippen molar-refractivity contribution in [2.75, 3.05) is 20.8 Å². The van der Waals surface area contributed by atoms with Crippen LogP contribution in [0.4, 0.5) is 0 Å². The van der Waals surface area contributed by atoms with Crippen molar-refractivity contribution in [3.8, 4) is 23.8 Å². The number of ether oxygens (including phenoxy) is 4. The first-order chi connectivity index (χ1) is 21.9. The lowest BCUT2D eigenvalue weighted by Crippen LogP contribution is -2.40. The van der Waals surface area contributed by atoms with Gasteiger partial charge in [-0.05, 0) is 53.8 Å². The molecule has 1 unspecified atom stereocenters. The second-order valence-electron chi connectivity index (χ2n) is 10.9. The fraction of sp³-hybridized carbons (Fsp3) is 0.333. The highest BCUT2D eigenvalue weighted by Gasteiger charge is 2.42. The van der Waals surface area contributed by atoms with Gasteiger partial charge < -0.3 is 24.1 Å². The van der Waals surface area contributed by atoms with E-state index in [2.05, 4.69) is 5.92 Å². The van der Waals surface area contributed by atoms with E-state index in [4.69, 9.17) is 25.4 Å². The van der Waals surface area contributed by atoms with E-state index >= 15 is 0 Å². The monoisotopic (exact) mass is 610 g/mol. The van der Waals surface area contributed by atoms with E-state index in [9.17, 15) is 14.7 Å². The maximum Gasteiger partial charge on any atom is 0.333 e. The molecule has 0 amide bonds. The lowest BCUT2D eigenvalue weighted by molar-refractivity contribution is -0.0946. The zero-order chi connectivity index (χ0) is 31.8. The van der Waals surface area contributed by atoms with Crippen LogP contribution in [0, 0.1) is 12.3 Å². The number of hydrogen-bond acceptors (Lipinski definition) is 7. The van der Waals surface area contributed by atoms with Gasteiger partial charge in [0.2, 0.25) is 0 Å².